The maximum absolute atomic E-state index is 10.9. The molecule has 0 N–H and O–H groups in total. The predicted molar refractivity (Wildman–Crippen MR) is 42.2 cm³/mol. The molecule has 0 rings (SSSR count). The summed E-state index contributed by atoms with van der Waals surface area (Å²) in [6.45, 7) is 6.19. The van der Waals surface area contributed by atoms with Crippen LogP contribution in [0.3, 0.4) is 0 Å². The average molecular weight is 174 g/mol. The number of hydrogen-bond acceptors (Lipinski definition) is 4. The first kappa shape index (κ1) is 10.9. The molecule has 0 unspecified atom stereocenters. The largest absolute Gasteiger partial charge is 0.426 e. The predicted octanol–water partition coefficient (Wildman–Crippen LogP) is 1.09. The SMILES string of the molecule is CC(=O)O[C@@H](C)OC(=O)C(C)C. The van der Waals surface area contributed by atoms with E-state index in [1.165, 1.54) is 13.8 Å². The number of esters is 2. The van der Waals surface area contributed by atoms with Crippen molar-refractivity contribution in [2.24, 2.45) is 5.92 Å². The Morgan fingerprint density at radius 1 is 1.08 bits per heavy atom. The van der Waals surface area contributed by atoms with Crippen molar-refractivity contribution in [3.05, 3.63) is 0 Å². The molecule has 0 amide bonds. The van der Waals surface area contributed by atoms with Gasteiger partial charge < -0.3 is 9.47 Å². The van der Waals surface area contributed by atoms with Crippen LogP contribution in [-0.4, -0.2) is 18.2 Å². The number of ether oxygens (including phenoxy) is 2. The molecule has 0 saturated carbocycles. The molecule has 1 atom stereocenters. The molecule has 0 aliphatic carbocycles. The Bertz CT molecular complexity index is 174. The molecule has 12 heavy (non-hydrogen) atoms. The van der Waals surface area contributed by atoms with Crippen molar-refractivity contribution in [2.75, 3.05) is 0 Å². The van der Waals surface area contributed by atoms with Crippen molar-refractivity contribution in [3.63, 3.8) is 0 Å². The summed E-state index contributed by atoms with van der Waals surface area (Å²) in [7, 11) is 0. The average Bonchev–Trinajstić information content (AvgIpc) is 1.84. The van der Waals surface area contributed by atoms with Gasteiger partial charge in [-0.2, -0.15) is 0 Å². The molecule has 0 fully saturated rings. The first-order valence-corrected chi connectivity index (χ1v) is 3.81. The van der Waals surface area contributed by atoms with Gasteiger partial charge in [0.2, 0.25) is 6.29 Å². The van der Waals surface area contributed by atoms with E-state index < -0.39 is 12.3 Å². The van der Waals surface area contributed by atoms with Crippen LogP contribution in [0, 0.1) is 5.92 Å². The van der Waals surface area contributed by atoms with Crippen LogP contribution in [0.2, 0.25) is 0 Å². The van der Waals surface area contributed by atoms with Crippen LogP contribution in [-0.2, 0) is 19.1 Å². The van der Waals surface area contributed by atoms with Gasteiger partial charge in [-0.15, -0.1) is 0 Å². The first-order chi connectivity index (χ1) is 5.43. The van der Waals surface area contributed by atoms with Gasteiger partial charge in [-0.05, 0) is 0 Å². The van der Waals surface area contributed by atoms with Crippen molar-refractivity contribution in [3.8, 4) is 0 Å². The van der Waals surface area contributed by atoms with Crippen LogP contribution in [0.5, 0.6) is 0 Å². The summed E-state index contributed by atoms with van der Waals surface area (Å²) in [5.74, 6) is -1.04. The van der Waals surface area contributed by atoms with Crippen molar-refractivity contribution in [2.45, 2.75) is 34.0 Å². The summed E-state index contributed by atoms with van der Waals surface area (Å²) in [5, 5.41) is 0. The van der Waals surface area contributed by atoms with Crippen LogP contribution in [0.25, 0.3) is 0 Å². The van der Waals surface area contributed by atoms with Gasteiger partial charge >= 0.3 is 11.9 Å². The van der Waals surface area contributed by atoms with E-state index in [1.807, 2.05) is 0 Å². The van der Waals surface area contributed by atoms with Gasteiger partial charge in [0.25, 0.3) is 0 Å². The van der Waals surface area contributed by atoms with E-state index in [1.54, 1.807) is 13.8 Å². The van der Waals surface area contributed by atoms with Crippen molar-refractivity contribution in [1.29, 1.82) is 0 Å². The Morgan fingerprint density at radius 3 is 1.92 bits per heavy atom. The molecule has 0 radical (unpaired) electrons. The van der Waals surface area contributed by atoms with Crippen LogP contribution in [0.4, 0.5) is 0 Å². The van der Waals surface area contributed by atoms with Crippen molar-refractivity contribution >= 4 is 11.9 Å². The lowest BCUT2D eigenvalue weighted by molar-refractivity contribution is -0.185. The minimum Gasteiger partial charge on any atom is -0.426 e. The summed E-state index contributed by atoms with van der Waals surface area (Å²) in [6.07, 6.45) is -0.794. The molecule has 0 bridgehead atoms. The zero-order valence-corrected chi connectivity index (χ0v) is 7.79. The third kappa shape index (κ3) is 4.71. The Balaban J connectivity index is 3.76. The fraction of sp³-hybridized carbons (Fsp3) is 0.750. The molecule has 0 spiro atoms. The molecular formula is C8H14O4. The lowest BCUT2D eigenvalue weighted by atomic mass is 10.2. The third-order valence-electron chi connectivity index (χ3n) is 1.09. The zero-order valence-electron chi connectivity index (χ0n) is 7.79. The Hall–Kier alpha value is -1.06. The van der Waals surface area contributed by atoms with Gasteiger partial charge in [0.05, 0.1) is 5.92 Å². The Morgan fingerprint density at radius 2 is 1.58 bits per heavy atom. The minimum atomic E-state index is -0.794. The molecule has 0 aromatic rings. The fourth-order valence-corrected chi connectivity index (χ4v) is 0.557. The number of carbonyl (C=O) groups excluding carboxylic acids is 2. The highest BCUT2D eigenvalue weighted by Gasteiger charge is 2.14. The number of rotatable bonds is 3. The highest BCUT2D eigenvalue weighted by molar-refractivity contribution is 5.72. The first-order valence-electron chi connectivity index (χ1n) is 3.81. The van der Waals surface area contributed by atoms with E-state index >= 15 is 0 Å². The smallest absolute Gasteiger partial charge is 0.311 e. The van der Waals surface area contributed by atoms with Gasteiger partial charge in [0, 0.05) is 13.8 Å². The van der Waals surface area contributed by atoms with Crippen LogP contribution < -0.4 is 0 Å². The van der Waals surface area contributed by atoms with E-state index in [0.29, 0.717) is 0 Å². The maximum Gasteiger partial charge on any atom is 0.311 e. The van der Waals surface area contributed by atoms with Crippen LogP contribution in [0.15, 0.2) is 0 Å². The zero-order chi connectivity index (χ0) is 9.72. The van der Waals surface area contributed by atoms with Crippen LogP contribution in [0.1, 0.15) is 27.7 Å². The molecular weight excluding hydrogens is 160 g/mol. The second-order valence-corrected chi connectivity index (χ2v) is 2.77. The summed E-state index contributed by atoms with van der Waals surface area (Å²) in [6, 6.07) is 0. The lowest BCUT2D eigenvalue weighted by Crippen LogP contribution is -2.23. The highest BCUT2D eigenvalue weighted by atomic mass is 16.7. The van der Waals surface area contributed by atoms with Gasteiger partial charge in [-0.3, -0.25) is 9.59 Å². The fourth-order valence-electron chi connectivity index (χ4n) is 0.557. The van der Waals surface area contributed by atoms with Gasteiger partial charge in [-0.25, -0.2) is 0 Å². The highest BCUT2D eigenvalue weighted by Crippen LogP contribution is 2.01. The summed E-state index contributed by atoms with van der Waals surface area (Å²) in [4.78, 5) is 21.3. The molecule has 4 nitrogen and oxygen atoms in total. The van der Waals surface area contributed by atoms with Gasteiger partial charge in [0.1, 0.15) is 0 Å². The topological polar surface area (TPSA) is 52.6 Å². The standard InChI is InChI=1S/C8H14O4/c1-5(2)8(10)12-7(4)11-6(3)9/h5,7H,1-4H3/t7-/m1/s1. The van der Waals surface area contributed by atoms with Gasteiger partial charge in [0.15, 0.2) is 0 Å². The summed E-state index contributed by atoms with van der Waals surface area (Å²) < 4.78 is 9.33. The molecule has 70 valence electrons. The lowest BCUT2D eigenvalue weighted by Gasteiger charge is -2.13. The van der Waals surface area contributed by atoms with Crippen LogP contribution >= 0.6 is 0 Å². The molecule has 0 aliphatic rings. The number of hydrogen-bond donors (Lipinski definition) is 0. The molecule has 0 heterocycles. The summed E-state index contributed by atoms with van der Waals surface area (Å²) >= 11 is 0. The summed E-state index contributed by atoms with van der Waals surface area (Å²) in [5.41, 5.74) is 0. The Labute approximate surface area is 71.8 Å². The van der Waals surface area contributed by atoms with Crippen molar-refractivity contribution < 1.29 is 19.1 Å². The maximum atomic E-state index is 10.9. The number of carbonyl (C=O) groups is 2. The van der Waals surface area contributed by atoms with E-state index in [0.717, 1.165) is 0 Å². The second-order valence-electron chi connectivity index (χ2n) is 2.77. The quantitative estimate of drug-likeness (QED) is 0.474. The molecule has 0 saturated heterocycles. The van der Waals surface area contributed by atoms with E-state index in [4.69, 9.17) is 4.74 Å². The molecule has 0 aromatic carbocycles. The molecule has 0 aromatic heterocycles. The monoisotopic (exact) mass is 174 g/mol. The van der Waals surface area contributed by atoms with E-state index in [-0.39, 0.29) is 11.9 Å². The van der Waals surface area contributed by atoms with E-state index in [2.05, 4.69) is 4.74 Å². The Kier molecular flexibility index (Phi) is 4.33. The minimum absolute atomic E-state index is 0.206. The second kappa shape index (κ2) is 4.74. The van der Waals surface area contributed by atoms with Gasteiger partial charge in [-0.1, -0.05) is 13.8 Å². The molecule has 0 aliphatic heterocycles. The normalized spacial score (nSPS) is 12.4. The molecule has 4 heteroatoms. The van der Waals surface area contributed by atoms with E-state index in [9.17, 15) is 9.59 Å². The third-order valence-corrected chi connectivity index (χ3v) is 1.09. The van der Waals surface area contributed by atoms with Crippen molar-refractivity contribution in [1.82, 2.24) is 0 Å².